The zero-order valence-electron chi connectivity index (χ0n) is 9.38. The van der Waals surface area contributed by atoms with Gasteiger partial charge in [0.2, 0.25) is 0 Å². The van der Waals surface area contributed by atoms with Gasteiger partial charge < -0.3 is 5.11 Å². The van der Waals surface area contributed by atoms with Gasteiger partial charge in [0.05, 0.1) is 10.4 Å². The summed E-state index contributed by atoms with van der Waals surface area (Å²) in [6, 6.07) is 11.7. The molecule has 0 radical (unpaired) electrons. The molecule has 2 nitrogen and oxygen atoms in total. The second kappa shape index (κ2) is 4.80. The fraction of sp³-hybridized carbons (Fsp3) is 0.0714. The standard InChI is InChI=1S/C14H10BrNOS/c15-11-5-7-18-14(11)13(17)10-4-3-9-2-1-6-16-12(9)8-10/h1-8,13,17H. The number of pyridine rings is 1. The molecule has 1 unspecified atom stereocenters. The minimum atomic E-state index is -0.606. The first kappa shape index (κ1) is 11.8. The Balaban J connectivity index is 2.07. The van der Waals surface area contributed by atoms with Crippen molar-refractivity contribution in [2.45, 2.75) is 6.10 Å². The zero-order chi connectivity index (χ0) is 12.5. The van der Waals surface area contributed by atoms with Crippen molar-refractivity contribution in [3.63, 3.8) is 0 Å². The lowest BCUT2D eigenvalue weighted by molar-refractivity contribution is 0.223. The largest absolute Gasteiger partial charge is 0.383 e. The molecule has 3 aromatic rings. The minimum Gasteiger partial charge on any atom is -0.383 e. The number of aliphatic hydroxyl groups excluding tert-OH is 1. The molecule has 2 heterocycles. The van der Waals surface area contributed by atoms with Crippen LogP contribution in [0.2, 0.25) is 0 Å². The summed E-state index contributed by atoms with van der Waals surface area (Å²) in [5.74, 6) is 0. The van der Waals surface area contributed by atoms with E-state index in [4.69, 9.17) is 0 Å². The summed E-state index contributed by atoms with van der Waals surface area (Å²) in [6.45, 7) is 0. The summed E-state index contributed by atoms with van der Waals surface area (Å²) in [5.41, 5.74) is 1.77. The van der Waals surface area contributed by atoms with Crippen LogP contribution in [0.1, 0.15) is 16.5 Å². The van der Waals surface area contributed by atoms with Gasteiger partial charge in [-0.2, -0.15) is 0 Å². The Morgan fingerprint density at radius 2 is 2.11 bits per heavy atom. The number of hydrogen-bond donors (Lipinski definition) is 1. The van der Waals surface area contributed by atoms with Gasteiger partial charge in [0.1, 0.15) is 6.10 Å². The van der Waals surface area contributed by atoms with Crippen molar-refractivity contribution in [3.8, 4) is 0 Å². The van der Waals surface area contributed by atoms with Crippen LogP contribution in [0.15, 0.2) is 52.4 Å². The highest BCUT2D eigenvalue weighted by Gasteiger charge is 2.15. The van der Waals surface area contributed by atoms with E-state index in [2.05, 4.69) is 20.9 Å². The summed E-state index contributed by atoms with van der Waals surface area (Å²) < 4.78 is 0.945. The van der Waals surface area contributed by atoms with Crippen molar-refractivity contribution in [3.05, 3.63) is 62.9 Å². The van der Waals surface area contributed by atoms with E-state index in [9.17, 15) is 5.11 Å². The third-order valence-corrected chi connectivity index (χ3v) is 4.76. The Morgan fingerprint density at radius 1 is 1.22 bits per heavy atom. The van der Waals surface area contributed by atoms with Crippen LogP contribution in [0.25, 0.3) is 10.9 Å². The van der Waals surface area contributed by atoms with Gasteiger partial charge in [-0.1, -0.05) is 18.2 Å². The monoisotopic (exact) mass is 319 g/mol. The second-order valence-corrected chi connectivity index (χ2v) is 5.79. The molecule has 4 heteroatoms. The molecule has 1 aromatic carbocycles. The molecule has 0 amide bonds. The Labute approximate surface area is 117 Å². The number of halogens is 1. The number of aromatic nitrogens is 1. The lowest BCUT2D eigenvalue weighted by Gasteiger charge is -2.10. The number of hydrogen-bond acceptors (Lipinski definition) is 3. The van der Waals surface area contributed by atoms with Gasteiger partial charge in [-0.25, -0.2) is 0 Å². The molecule has 0 saturated heterocycles. The highest BCUT2D eigenvalue weighted by atomic mass is 79.9. The Morgan fingerprint density at radius 3 is 2.89 bits per heavy atom. The summed E-state index contributed by atoms with van der Waals surface area (Å²) >= 11 is 4.99. The molecule has 0 bridgehead atoms. The molecule has 1 atom stereocenters. The lowest BCUT2D eigenvalue weighted by Crippen LogP contribution is -1.98. The van der Waals surface area contributed by atoms with Crippen molar-refractivity contribution >= 4 is 38.2 Å². The van der Waals surface area contributed by atoms with E-state index >= 15 is 0 Å². The Bertz CT molecular complexity index is 695. The first-order chi connectivity index (χ1) is 8.75. The van der Waals surface area contributed by atoms with E-state index in [-0.39, 0.29) is 0 Å². The Hall–Kier alpha value is -1.23. The molecule has 0 aliphatic carbocycles. The maximum atomic E-state index is 10.4. The van der Waals surface area contributed by atoms with Crippen molar-refractivity contribution < 1.29 is 5.11 Å². The predicted octanol–water partition coefficient (Wildman–Crippen LogP) is 4.14. The van der Waals surface area contributed by atoms with Crippen LogP contribution in [-0.4, -0.2) is 10.1 Å². The van der Waals surface area contributed by atoms with Crippen LogP contribution in [0.3, 0.4) is 0 Å². The third-order valence-electron chi connectivity index (χ3n) is 2.84. The average molecular weight is 320 g/mol. The van der Waals surface area contributed by atoms with Crippen LogP contribution in [0, 0.1) is 0 Å². The molecule has 2 aromatic heterocycles. The van der Waals surface area contributed by atoms with Crippen molar-refractivity contribution in [2.24, 2.45) is 0 Å². The molecule has 1 N–H and O–H groups in total. The smallest absolute Gasteiger partial charge is 0.114 e. The summed E-state index contributed by atoms with van der Waals surface area (Å²) in [6.07, 6.45) is 1.16. The molecular formula is C14H10BrNOS. The SMILES string of the molecule is OC(c1ccc2cccnc2c1)c1sccc1Br. The van der Waals surface area contributed by atoms with E-state index in [1.165, 1.54) is 0 Å². The number of nitrogens with zero attached hydrogens (tertiary/aromatic N) is 1. The lowest BCUT2D eigenvalue weighted by atomic mass is 10.1. The molecule has 0 fully saturated rings. The normalized spacial score (nSPS) is 12.8. The van der Waals surface area contributed by atoms with Gasteiger partial charge in [-0.05, 0) is 45.1 Å². The molecule has 90 valence electrons. The number of benzene rings is 1. The van der Waals surface area contributed by atoms with E-state index < -0.39 is 6.10 Å². The van der Waals surface area contributed by atoms with E-state index in [0.717, 1.165) is 25.8 Å². The molecule has 0 aliphatic rings. The summed E-state index contributed by atoms with van der Waals surface area (Å²) in [4.78, 5) is 5.23. The number of thiophene rings is 1. The van der Waals surface area contributed by atoms with Crippen LogP contribution in [0.4, 0.5) is 0 Å². The van der Waals surface area contributed by atoms with Crippen molar-refractivity contribution in [1.82, 2.24) is 4.98 Å². The van der Waals surface area contributed by atoms with Gasteiger partial charge in [0.25, 0.3) is 0 Å². The molecule has 18 heavy (non-hydrogen) atoms. The summed E-state index contributed by atoms with van der Waals surface area (Å²) in [5, 5.41) is 13.4. The number of fused-ring (bicyclic) bond motifs is 1. The number of rotatable bonds is 2. The van der Waals surface area contributed by atoms with Crippen LogP contribution in [0.5, 0.6) is 0 Å². The van der Waals surface area contributed by atoms with Gasteiger partial charge in [0.15, 0.2) is 0 Å². The first-order valence-corrected chi connectivity index (χ1v) is 7.18. The van der Waals surface area contributed by atoms with Gasteiger partial charge in [-0.3, -0.25) is 4.98 Å². The Kier molecular flexibility index (Phi) is 3.16. The maximum Gasteiger partial charge on any atom is 0.114 e. The van der Waals surface area contributed by atoms with E-state index in [1.807, 2.05) is 41.8 Å². The van der Waals surface area contributed by atoms with Gasteiger partial charge >= 0.3 is 0 Å². The van der Waals surface area contributed by atoms with Crippen LogP contribution in [-0.2, 0) is 0 Å². The van der Waals surface area contributed by atoms with Crippen LogP contribution < -0.4 is 0 Å². The molecule has 0 spiro atoms. The minimum absolute atomic E-state index is 0.606. The maximum absolute atomic E-state index is 10.4. The number of aliphatic hydroxyl groups is 1. The van der Waals surface area contributed by atoms with E-state index in [1.54, 1.807) is 17.5 Å². The second-order valence-electron chi connectivity index (χ2n) is 3.99. The first-order valence-electron chi connectivity index (χ1n) is 5.51. The van der Waals surface area contributed by atoms with Gasteiger partial charge in [0, 0.05) is 16.1 Å². The summed E-state index contributed by atoms with van der Waals surface area (Å²) in [7, 11) is 0. The predicted molar refractivity (Wildman–Crippen MR) is 77.8 cm³/mol. The topological polar surface area (TPSA) is 33.1 Å². The molecule has 0 aliphatic heterocycles. The zero-order valence-corrected chi connectivity index (χ0v) is 11.8. The molecule has 3 rings (SSSR count). The quantitative estimate of drug-likeness (QED) is 0.770. The van der Waals surface area contributed by atoms with Crippen LogP contribution >= 0.6 is 27.3 Å². The highest BCUT2D eigenvalue weighted by molar-refractivity contribution is 9.10. The fourth-order valence-electron chi connectivity index (χ4n) is 1.91. The van der Waals surface area contributed by atoms with E-state index in [0.29, 0.717) is 0 Å². The average Bonchev–Trinajstić information content (AvgIpc) is 2.83. The van der Waals surface area contributed by atoms with Crippen molar-refractivity contribution in [2.75, 3.05) is 0 Å². The fourth-order valence-corrected chi connectivity index (χ4v) is 3.51. The molecule has 0 saturated carbocycles. The molecular weight excluding hydrogens is 310 g/mol. The van der Waals surface area contributed by atoms with Gasteiger partial charge in [-0.15, -0.1) is 11.3 Å². The third kappa shape index (κ3) is 2.07. The highest BCUT2D eigenvalue weighted by Crippen LogP contribution is 2.33. The van der Waals surface area contributed by atoms with Crippen molar-refractivity contribution in [1.29, 1.82) is 0 Å².